The minimum atomic E-state index is -1.35. The third-order valence-electron chi connectivity index (χ3n) is 2.49. The maximum atomic E-state index is 11.9. The van der Waals surface area contributed by atoms with Crippen LogP contribution < -0.4 is 15.8 Å². The molecule has 1 atom stereocenters. The van der Waals surface area contributed by atoms with Crippen molar-refractivity contribution in [3.05, 3.63) is 42.5 Å². The number of carbonyl (C=O) groups excluding carboxylic acids is 2. The van der Waals surface area contributed by atoms with Crippen LogP contribution in [-0.2, 0) is 9.59 Å². The summed E-state index contributed by atoms with van der Waals surface area (Å²) < 4.78 is 5.26. The van der Waals surface area contributed by atoms with Crippen molar-refractivity contribution in [2.45, 2.75) is 12.5 Å². The van der Waals surface area contributed by atoms with E-state index in [-0.39, 0.29) is 5.56 Å². The monoisotopic (exact) mass is 292 g/mol. The number of ether oxygens (including phenoxy) is 1. The normalized spacial score (nSPS) is 11.2. The molecule has 7 heteroatoms. The first-order chi connectivity index (χ1) is 9.93. The summed E-state index contributed by atoms with van der Waals surface area (Å²) in [6.07, 6.45) is 1.11. The Labute approximate surface area is 121 Å². The van der Waals surface area contributed by atoms with Gasteiger partial charge >= 0.3 is 5.97 Å². The molecule has 1 aromatic rings. The van der Waals surface area contributed by atoms with Gasteiger partial charge in [-0.1, -0.05) is 12.7 Å². The average molecular weight is 292 g/mol. The molecule has 21 heavy (non-hydrogen) atoms. The van der Waals surface area contributed by atoms with Gasteiger partial charge in [-0.3, -0.25) is 9.59 Å². The summed E-state index contributed by atoms with van der Waals surface area (Å²) >= 11 is 0. The summed E-state index contributed by atoms with van der Waals surface area (Å²) in [6.45, 7) is 3.85. The second-order valence-electron chi connectivity index (χ2n) is 4.16. The molecule has 0 fully saturated rings. The zero-order chi connectivity index (χ0) is 15.8. The molecule has 1 rings (SSSR count). The molecule has 7 nitrogen and oxygen atoms in total. The smallest absolute Gasteiger partial charge is 0.326 e. The van der Waals surface area contributed by atoms with Crippen molar-refractivity contribution in [2.75, 3.05) is 6.61 Å². The standard InChI is InChI=1S/C14H16N2O5/c1-2-7-21-10-5-3-9(4-6-10)13(18)16-11(14(19)20)8-12(15)17/h2-6,11H,1,7-8H2,(H2,15,17)(H,16,18)(H,19,20)/t11-/m0/s1. The molecule has 0 aliphatic carbocycles. The highest BCUT2D eigenvalue weighted by atomic mass is 16.5. The Balaban J connectivity index is 2.71. The summed E-state index contributed by atoms with van der Waals surface area (Å²) in [7, 11) is 0. The number of nitrogens with one attached hydrogen (secondary N) is 1. The molecular formula is C14H16N2O5. The van der Waals surface area contributed by atoms with Crippen molar-refractivity contribution in [1.29, 1.82) is 0 Å². The summed E-state index contributed by atoms with van der Waals surface area (Å²) in [4.78, 5) is 33.6. The summed E-state index contributed by atoms with van der Waals surface area (Å²) in [5, 5.41) is 11.1. The fourth-order valence-corrected chi connectivity index (χ4v) is 1.50. The van der Waals surface area contributed by atoms with Gasteiger partial charge in [-0.05, 0) is 24.3 Å². The average Bonchev–Trinajstić information content (AvgIpc) is 2.44. The lowest BCUT2D eigenvalue weighted by molar-refractivity contribution is -0.140. The maximum Gasteiger partial charge on any atom is 0.326 e. The van der Waals surface area contributed by atoms with Crippen molar-refractivity contribution >= 4 is 17.8 Å². The number of nitrogens with two attached hydrogens (primary N) is 1. The van der Waals surface area contributed by atoms with E-state index in [2.05, 4.69) is 11.9 Å². The number of amides is 2. The van der Waals surface area contributed by atoms with Gasteiger partial charge < -0.3 is 20.9 Å². The molecule has 0 bridgehead atoms. The van der Waals surface area contributed by atoms with Crippen LogP contribution in [0.1, 0.15) is 16.8 Å². The Morgan fingerprint density at radius 3 is 2.43 bits per heavy atom. The van der Waals surface area contributed by atoms with Gasteiger partial charge in [-0.25, -0.2) is 4.79 Å². The van der Waals surface area contributed by atoms with Crippen molar-refractivity contribution in [2.24, 2.45) is 5.73 Å². The number of benzene rings is 1. The predicted molar refractivity (Wildman–Crippen MR) is 74.8 cm³/mol. The van der Waals surface area contributed by atoms with Crippen LogP contribution in [0.2, 0.25) is 0 Å². The van der Waals surface area contributed by atoms with E-state index in [4.69, 9.17) is 15.6 Å². The lowest BCUT2D eigenvalue weighted by Crippen LogP contribution is -2.43. The molecule has 0 radical (unpaired) electrons. The minimum Gasteiger partial charge on any atom is -0.490 e. The Morgan fingerprint density at radius 2 is 1.95 bits per heavy atom. The Kier molecular flexibility index (Phi) is 5.94. The van der Waals surface area contributed by atoms with E-state index in [1.165, 1.54) is 12.1 Å². The fraction of sp³-hybridized carbons (Fsp3) is 0.214. The molecule has 0 unspecified atom stereocenters. The van der Waals surface area contributed by atoms with Crippen LogP contribution in [-0.4, -0.2) is 35.5 Å². The maximum absolute atomic E-state index is 11.9. The van der Waals surface area contributed by atoms with Gasteiger partial charge in [0.2, 0.25) is 5.91 Å². The highest BCUT2D eigenvalue weighted by Crippen LogP contribution is 2.12. The van der Waals surface area contributed by atoms with Gasteiger partial charge in [-0.15, -0.1) is 0 Å². The minimum absolute atomic E-state index is 0.247. The number of primary amides is 1. The topological polar surface area (TPSA) is 119 Å². The number of carboxylic acids is 1. The van der Waals surface area contributed by atoms with E-state index in [1.54, 1.807) is 18.2 Å². The first-order valence-corrected chi connectivity index (χ1v) is 6.09. The van der Waals surface area contributed by atoms with Crippen LogP contribution in [0.25, 0.3) is 0 Å². The Hall–Kier alpha value is -2.83. The number of carbonyl (C=O) groups is 3. The zero-order valence-corrected chi connectivity index (χ0v) is 11.2. The van der Waals surface area contributed by atoms with Crippen LogP contribution >= 0.6 is 0 Å². The molecule has 0 aliphatic rings. The van der Waals surface area contributed by atoms with Crippen LogP contribution in [0.4, 0.5) is 0 Å². The first-order valence-electron chi connectivity index (χ1n) is 6.09. The predicted octanol–water partition coefficient (Wildman–Crippen LogP) is 0.310. The van der Waals surface area contributed by atoms with Gasteiger partial charge in [-0.2, -0.15) is 0 Å². The highest BCUT2D eigenvalue weighted by Gasteiger charge is 2.22. The van der Waals surface area contributed by atoms with Crippen molar-refractivity contribution < 1.29 is 24.2 Å². The van der Waals surface area contributed by atoms with Crippen molar-refractivity contribution in [1.82, 2.24) is 5.32 Å². The quantitative estimate of drug-likeness (QED) is 0.596. The number of hydrogen-bond donors (Lipinski definition) is 3. The van der Waals surface area contributed by atoms with Gasteiger partial charge in [0, 0.05) is 5.56 Å². The molecule has 0 aromatic heterocycles. The summed E-state index contributed by atoms with van der Waals surface area (Å²) in [5.41, 5.74) is 5.18. The molecular weight excluding hydrogens is 276 g/mol. The molecule has 0 aliphatic heterocycles. The van der Waals surface area contributed by atoms with Gasteiger partial charge in [0.15, 0.2) is 0 Å². The molecule has 0 saturated heterocycles. The van der Waals surface area contributed by atoms with E-state index >= 15 is 0 Å². The van der Waals surface area contributed by atoms with E-state index in [0.29, 0.717) is 12.4 Å². The fourth-order valence-electron chi connectivity index (χ4n) is 1.50. The van der Waals surface area contributed by atoms with Crippen LogP contribution in [0.15, 0.2) is 36.9 Å². The molecule has 112 valence electrons. The summed E-state index contributed by atoms with van der Waals surface area (Å²) in [5.74, 6) is -2.19. The second-order valence-corrected chi connectivity index (χ2v) is 4.16. The molecule has 2 amide bonds. The first kappa shape index (κ1) is 16.2. The van der Waals surface area contributed by atoms with E-state index in [0.717, 1.165) is 0 Å². The van der Waals surface area contributed by atoms with Gasteiger partial charge in [0.1, 0.15) is 18.4 Å². The van der Waals surface area contributed by atoms with Crippen LogP contribution in [0.5, 0.6) is 5.75 Å². The third-order valence-corrected chi connectivity index (χ3v) is 2.49. The number of rotatable bonds is 8. The van der Waals surface area contributed by atoms with Crippen LogP contribution in [0, 0.1) is 0 Å². The SMILES string of the molecule is C=CCOc1ccc(C(=O)N[C@@H](CC(N)=O)C(=O)O)cc1. The Morgan fingerprint density at radius 1 is 1.33 bits per heavy atom. The second kappa shape index (κ2) is 7.68. The molecule has 4 N–H and O–H groups in total. The molecule has 1 aromatic carbocycles. The highest BCUT2D eigenvalue weighted by molar-refractivity contribution is 5.97. The van der Waals surface area contributed by atoms with Crippen molar-refractivity contribution in [3.8, 4) is 5.75 Å². The number of hydrogen-bond acceptors (Lipinski definition) is 4. The molecule has 0 spiro atoms. The Bertz CT molecular complexity index is 539. The van der Waals surface area contributed by atoms with Crippen LogP contribution in [0.3, 0.4) is 0 Å². The third kappa shape index (κ3) is 5.35. The molecule has 0 saturated carbocycles. The van der Waals surface area contributed by atoms with E-state index < -0.39 is 30.2 Å². The number of carboxylic acid groups (broad SMARTS) is 1. The zero-order valence-electron chi connectivity index (χ0n) is 11.2. The summed E-state index contributed by atoms with van der Waals surface area (Å²) in [6, 6.07) is 4.75. The van der Waals surface area contributed by atoms with E-state index in [1.807, 2.05) is 0 Å². The van der Waals surface area contributed by atoms with Gasteiger partial charge in [0.05, 0.1) is 6.42 Å². The molecule has 0 heterocycles. The lowest BCUT2D eigenvalue weighted by Gasteiger charge is -2.13. The number of aliphatic carboxylic acids is 1. The van der Waals surface area contributed by atoms with Crippen molar-refractivity contribution in [3.63, 3.8) is 0 Å². The van der Waals surface area contributed by atoms with E-state index in [9.17, 15) is 14.4 Å². The lowest BCUT2D eigenvalue weighted by atomic mass is 10.1. The van der Waals surface area contributed by atoms with Gasteiger partial charge in [0.25, 0.3) is 5.91 Å². The largest absolute Gasteiger partial charge is 0.490 e.